The average molecular weight is 251 g/mol. The number of halogens is 1. The number of pyridine rings is 1. The fourth-order valence-corrected chi connectivity index (χ4v) is 2.68. The lowest BCUT2D eigenvalue weighted by Crippen LogP contribution is -2.22. The first kappa shape index (κ1) is 13.0. The van der Waals surface area contributed by atoms with Crippen molar-refractivity contribution in [3.05, 3.63) is 29.3 Å². The summed E-state index contributed by atoms with van der Waals surface area (Å²) < 4.78 is 13.6. The number of nitrogens with zero attached hydrogens (tertiary/aromatic N) is 1. The summed E-state index contributed by atoms with van der Waals surface area (Å²) in [5, 5.41) is 8.93. The molecular weight excluding hydrogens is 233 g/mol. The summed E-state index contributed by atoms with van der Waals surface area (Å²) in [6.07, 6.45) is 5.14. The molecule has 1 heterocycles. The van der Waals surface area contributed by atoms with Crippen LogP contribution in [0.1, 0.15) is 36.9 Å². The number of carboxylic acids is 1. The Morgan fingerprint density at radius 1 is 1.44 bits per heavy atom. The molecule has 0 saturated heterocycles. The minimum atomic E-state index is -0.695. The molecule has 0 unspecified atom stereocenters. The second-order valence-corrected chi connectivity index (χ2v) is 5.18. The molecule has 0 aliphatic heterocycles. The Morgan fingerprint density at radius 2 is 2.11 bits per heavy atom. The molecule has 1 aromatic heterocycles. The molecule has 0 amide bonds. The van der Waals surface area contributed by atoms with Gasteiger partial charge < -0.3 is 5.11 Å². The molecule has 1 saturated carbocycles. The Balaban J connectivity index is 1.95. The lowest BCUT2D eigenvalue weighted by atomic mass is 9.79. The van der Waals surface area contributed by atoms with Gasteiger partial charge in [0, 0.05) is 5.69 Å². The molecule has 0 aromatic carbocycles. The summed E-state index contributed by atoms with van der Waals surface area (Å²) in [6, 6.07) is 1.79. The monoisotopic (exact) mass is 251 g/mol. The van der Waals surface area contributed by atoms with E-state index < -0.39 is 5.97 Å². The molecule has 0 atom stereocenters. The van der Waals surface area contributed by atoms with Gasteiger partial charge in [-0.2, -0.15) is 0 Å². The maximum absolute atomic E-state index is 13.6. The first-order valence-corrected chi connectivity index (χ1v) is 6.40. The molecule has 0 spiro atoms. The molecular formula is C14H18FNO2. The minimum absolute atomic E-state index is 0.203. The molecule has 0 bridgehead atoms. The van der Waals surface area contributed by atoms with Gasteiger partial charge in [0.05, 0.1) is 12.1 Å². The number of rotatable bonds is 3. The van der Waals surface area contributed by atoms with Crippen molar-refractivity contribution in [2.45, 2.75) is 39.0 Å². The van der Waals surface area contributed by atoms with Crippen molar-refractivity contribution in [1.29, 1.82) is 0 Å². The molecule has 98 valence electrons. The predicted molar refractivity (Wildman–Crippen MR) is 65.7 cm³/mol. The standard InChI is InChI=1S/C14H18FNO2/c1-9-6-12(13(15)8-16-9)7-10-2-4-11(5-3-10)14(17)18/h6,8,10-11H,2-5,7H2,1H3,(H,17,18)/t10-,11-. The molecule has 1 aliphatic rings. The van der Waals surface area contributed by atoms with E-state index >= 15 is 0 Å². The Bertz CT molecular complexity index is 439. The topological polar surface area (TPSA) is 50.2 Å². The van der Waals surface area contributed by atoms with E-state index in [-0.39, 0.29) is 11.7 Å². The van der Waals surface area contributed by atoms with E-state index in [9.17, 15) is 9.18 Å². The number of hydrogen-bond donors (Lipinski definition) is 1. The maximum atomic E-state index is 13.6. The van der Waals surface area contributed by atoms with Crippen molar-refractivity contribution in [1.82, 2.24) is 4.98 Å². The lowest BCUT2D eigenvalue weighted by Gasteiger charge is -2.26. The van der Waals surface area contributed by atoms with Crippen LogP contribution in [-0.2, 0) is 11.2 Å². The van der Waals surface area contributed by atoms with Crippen molar-refractivity contribution in [2.75, 3.05) is 0 Å². The van der Waals surface area contributed by atoms with Crippen molar-refractivity contribution in [3.63, 3.8) is 0 Å². The molecule has 1 aromatic rings. The molecule has 1 N–H and O–H groups in total. The van der Waals surface area contributed by atoms with E-state index in [1.54, 1.807) is 6.07 Å². The zero-order chi connectivity index (χ0) is 13.1. The number of aryl methyl sites for hydroxylation is 1. The summed E-state index contributed by atoms with van der Waals surface area (Å²) in [6.45, 7) is 1.85. The second kappa shape index (κ2) is 5.46. The third kappa shape index (κ3) is 3.06. The van der Waals surface area contributed by atoms with Crippen molar-refractivity contribution < 1.29 is 14.3 Å². The van der Waals surface area contributed by atoms with Crippen molar-refractivity contribution in [3.8, 4) is 0 Å². The molecule has 2 rings (SSSR count). The summed E-state index contributed by atoms with van der Waals surface area (Å²) >= 11 is 0. The summed E-state index contributed by atoms with van der Waals surface area (Å²) in [7, 11) is 0. The van der Waals surface area contributed by atoms with Gasteiger partial charge in [-0.05, 0) is 56.6 Å². The summed E-state index contributed by atoms with van der Waals surface area (Å²) in [5.74, 6) is -0.748. The average Bonchev–Trinajstić information content (AvgIpc) is 2.34. The Hall–Kier alpha value is -1.45. The maximum Gasteiger partial charge on any atom is 0.306 e. The predicted octanol–water partition coefficient (Wildman–Crippen LogP) is 2.96. The number of carboxylic acid groups (broad SMARTS) is 1. The molecule has 3 nitrogen and oxygen atoms in total. The SMILES string of the molecule is Cc1cc(C[C@H]2CC[C@H](C(=O)O)CC2)c(F)cn1. The van der Waals surface area contributed by atoms with Gasteiger partial charge in [0.2, 0.25) is 0 Å². The fraction of sp³-hybridized carbons (Fsp3) is 0.571. The van der Waals surface area contributed by atoms with Crippen LogP contribution in [0.15, 0.2) is 12.3 Å². The Labute approximate surface area is 106 Å². The molecule has 0 radical (unpaired) electrons. The highest BCUT2D eigenvalue weighted by Crippen LogP contribution is 2.31. The largest absolute Gasteiger partial charge is 0.481 e. The van der Waals surface area contributed by atoms with Gasteiger partial charge in [-0.1, -0.05) is 0 Å². The van der Waals surface area contributed by atoms with Gasteiger partial charge in [0.15, 0.2) is 0 Å². The molecule has 18 heavy (non-hydrogen) atoms. The van der Waals surface area contributed by atoms with Gasteiger partial charge in [0.25, 0.3) is 0 Å². The van der Waals surface area contributed by atoms with E-state index in [1.807, 2.05) is 6.92 Å². The first-order chi connectivity index (χ1) is 8.56. The quantitative estimate of drug-likeness (QED) is 0.898. The zero-order valence-corrected chi connectivity index (χ0v) is 10.5. The van der Waals surface area contributed by atoms with Gasteiger partial charge in [-0.3, -0.25) is 9.78 Å². The highest BCUT2D eigenvalue weighted by Gasteiger charge is 2.26. The number of hydrogen-bond acceptors (Lipinski definition) is 2. The van der Waals surface area contributed by atoms with Gasteiger partial charge in [0.1, 0.15) is 5.82 Å². The van der Waals surface area contributed by atoms with Crippen LogP contribution < -0.4 is 0 Å². The van der Waals surface area contributed by atoms with E-state index in [1.165, 1.54) is 6.20 Å². The first-order valence-electron chi connectivity index (χ1n) is 6.40. The van der Waals surface area contributed by atoms with Crippen molar-refractivity contribution >= 4 is 5.97 Å². The number of carbonyl (C=O) groups is 1. The third-order valence-corrected chi connectivity index (χ3v) is 3.78. The van der Waals surface area contributed by atoms with Gasteiger partial charge >= 0.3 is 5.97 Å². The Kier molecular flexibility index (Phi) is 3.94. The minimum Gasteiger partial charge on any atom is -0.481 e. The van der Waals surface area contributed by atoms with Gasteiger partial charge in [-0.15, -0.1) is 0 Å². The van der Waals surface area contributed by atoms with Crippen LogP contribution in [0.2, 0.25) is 0 Å². The normalized spacial score (nSPS) is 23.9. The third-order valence-electron chi connectivity index (χ3n) is 3.78. The lowest BCUT2D eigenvalue weighted by molar-refractivity contribution is -0.143. The smallest absolute Gasteiger partial charge is 0.306 e. The van der Waals surface area contributed by atoms with Crippen molar-refractivity contribution in [2.24, 2.45) is 11.8 Å². The number of aromatic nitrogens is 1. The summed E-state index contributed by atoms with van der Waals surface area (Å²) in [5.41, 5.74) is 1.53. The molecule has 4 heteroatoms. The fourth-order valence-electron chi connectivity index (χ4n) is 2.68. The van der Waals surface area contributed by atoms with Gasteiger partial charge in [-0.25, -0.2) is 4.39 Å². The molecule has 1 aliphatic carbocycles. The number of aliphatic carboxylic acids is 1. The Morgan fingerprint density at radius 3 is 2.72 bits per heavy atom. The van der Waals surface area contributed by atoms with Crippen LogP contribution in [0.25, 0.3) is 0 Å². The second-order valence-electron chi connectivity index (χ2n) is 5.18. The van der Waals surface area contributed by atoms with Crippen LogP contribution >= 0.6 is 0 Å². The molecule has 1 fully saturated rings. The van der Waals surface area contributed by atoms with Crippen LogP contribution in [0.3, 0.4) is 0 Å². The van der Waals surface area contributed by atoms with E-state index in [0.717, 1.165) is 18.5 Å². The van der Waals surface area contributed by atoms with Crippen LogP contribution in [0, 0.1) is 24.6 Å². The highest BCUT2D eigenvalue weighted by atomic mass is 19.1. The van der Waals surface area contributed by atoms with Crippen LogP contribution in [0.5, 0.6) is 0 Å². The zero-order valence-electron chi connectivity index (χ0n) is 10.5. The van der Waals surface area contributed by atoms with Crippen LogP contribution in [-0.4, -0.2) is 16.1 Å². The van der Waals surface area contributed by atoms with E-state index in [0.29, 0.717) is 30.7 Å². The van der Waals surface area contributed by atoms with E-state index in [2.05, 4.69) is 4.98 Å². The summed E-state index contributed by atoms with van der Waals surface area (Å²) in [4.78, 5) is 14.8. The van der Waals surface area contributed by atoms with E-state index in [4.69, 9.17) is 5.11 Å². The van der Waals surface area contributed by atoms with Crippen LogP contribution in [0.4, 0.5) is 4.39 Å². The highest BCUT2D eigenvalue weighted by molar-refractivity contribution is 5.69.